The zero-order valence-electron chi connectivity index (χ0n) is 17.1. The Morgan fingerprint density at radius 3 is 2.70 bits per heavy atom. The van der Waals surface area contributed by atoms with Gasteiger partial charge in [-0.15, -0.1) is 0 Å². The van der Waals surface area contributed by atoms with Gasteiger partial charge < -0.3 is 19.5 Å². The van der Waals surface area contributed by atoms with Gasteiger partial charge in [0.25, 0.3) is 5.56 Å². The van der Waals surface area contributed by atoms with Crippen LogP contribution in [0.2, 0.25) is 0 Å². The first-order valence-corrected chi connectivity index (χ1v) is 10.3. The maximum absolute atomic E-state index is 13.2. The van der Waals surface area contributed by atoms with Crippen molar-refractivity contribution in [2.24, 2.45) is 0 Å². The van der Waals surface area contributed by atoms with Gasteiger partial charge in [0.15, 0.2) is 5.82 Å². The van der Waals surface area contributed by atoms with E-state index in [2.05, 4.69) is 15.2 Å². The molecule has 7 nitrogen and oxygen atoms in total. The second-order valence-electron chi connectivity index (χ2n) is 7.46. The number of para-hydroxylation sites is 2. The Morgan fingerprint density at radius 1 is 1.10 bits per heavy atom. The van der Waals surface area contributed by atoms with Crippen LogP contribution < -0.4 is 20.5 Å². The van der Waals surface area contributed by atoms with Crippen molar-refractivity contribution in [3.63, 3.8) is 0 Å². The molecule has 7 heteroatoms. The van der Waals surface area contributed by atoms with E-state index in [1.165, 1.54) is 6.42 Å². The summed E-state index contributed by atoms with van der Waals surface area (Å²) in [5.41, 5.74) is 2.05. The molecule has 4 rings (SSSR count). The summed E-state index contributed by atoms with van der Waals surface area (Å²) < 4.78 is 6.87. The summed E-state index contributed by atoms with van der Waals surface area (Å²) in [4.78, 5) is 32.5. The first-order valence-electron chi connectivity index (χ1n) is 10.3. The molecule has 1 aliphatic rings. The Hall–Kier alpha value is -3.35. The Labute approximate surface area is 175 Å². The van der Waals surface area contributed by atoms with Gasteiger partial charge in [-0.05, 0) is 43.5 Å². The largest absolute Gasteiger partial charge is 0.497 e. The van der Waals surface area contributed by atoms with Crippen LogP contribution in [-0.2, 0) is 11.3 Å². The van der Waals surface area contributed by atoms with Gasteiger partial charge in [0.2, 0.25) is 5.91 Å². The highest BCUT2D eigenvalue weighted by atomic mass is 16.5. The molecule has 3 aromatic rings. The number of amides is 1. The first kappa shape index (κ1) is 19.9. The van der Waals surface area contributed by atoms with Crippen molar-refractivity contribution in [2.45, 2.75) is 32.2 Å². The first-order chi connectivity index (χ1) is 14.7. The lowest BCUT2D eigenvalue weighted by atomic mass is 10.1. The molecule has 1 aromatic heterocycles. The number of rotatable bonds is 6. The maximum atomic E-state index is 13.2. The standard InChI is InChI=1S/C23H26N4O3/c1-30-18-9-7-8-17(16-18)24-21(28)12-15-27-20-11-4-3-10-19(20)25-22(23(27)29)26-13-5-2-6-14-26/h3-4,7-11,16H,2,5-6,12-15H2,1H3,(H,24,28). The van der Waals surface area contributed by atoms with Gasteiger partial charge in [-0.3, -0.25) is 9.59 Å². The molecule has 0 saturated carbocycles. The van der Waals surface area contributed by atoms with Crippen LogP contribution in [0.15, 0.2) is 53.3 Å². The molecule has 0 bridgehead atoms. The van der Waals surface area contributed by atoms with Crippen LogP contribution in [0.25, 0.3) is 11.0 Å². The van der Waals surface area contributed by atoms with Crippen LogP contribution >= 0.6 is 0 Å². The van der Waals surface area contributed by atoms with Crippen LogP contribution in [-0.4, -0.2) is 35.7 Å². The fourth-order valence-corrected chi connectivity index (χ4v) is 3.85. The molecule has 0 aliphatic carbocycles. The van der Waals surface area contributed by atoms with Crippen molar-refractivity contribution in [1.82, 2.24) is 9.55 Å². The molecule has 156 valence electrons. The molecule has 2 aromatic carbocycles. The van der Waals surface area contributed by atoms with E-state index in [0.29, 0.717) is 23.8 Å². The van der Waals surface area contributed by atoms with Gasteiger partial charge >= 0.3 is 0 Å². The Bertz CT molecular complexity index is 1100. The van der Waals surface area contributed by atoms with E-state index in [0.717, 1.165) is 37.0 Å². The van der Waals surface area contributed by atoms with Gasteiger partial charge in [-0.1, -0.05) is 18.2 Å². The third-order valence-corrected chi connectivity index (χ3v) is 5.41. The Kier molecular flexibility index (Phi) is 5.97. The van der Waals surface area contributed by atoms with Crippen molar-refractivity contribution < 1.29 is 9.53 Å². The Morgan fingerprint density at radius 2 is 1.90 bits per heavy atom. The number of benzene rings is 2. The normalized spacial score (nSPS) is 14.0. The summed E-state index contributed by atoms with van der Waals surface area (Å²) >= 11 is 0. The highest BCUT2D eigenvalue weighted by molar-refractivity contribution is 5.91. The quantitative estimate of drug-likeness (QED) is 0.679. The lowest BCUT2D eigenvalue weighted by molar-refractivity contribution is -0.116. The number of piperidine rings is 1. The van der Waals surface area contributed by atoms with Crippen LogP contribution in [0.1, 0.15) is 25.7 Å². The van der Waals surface area contributed by atoms with E-state index in [1.54, 1.807) is 17.7 Å². The van der Waals surface area contributed by atoms with Gasteiger partial charge in [-0.2, -0.15) is 0 Å². The number of hydrogen-bond donors (Lipinski definition) is 1. The minimum absolute atomic E-state index is 0.134. The van der Waals surface area contributed by atoms with E-state index in [1.807, 2.05) is 42.5 Å². The van der Waals surface area contributed by atoms with E-state index in [-0.39, 0.29) is 17.9 Å². The van der Waals surface area contributed by atoms with Crippen molar-refractivity contribution >= 4 is 28.4 Å². The summed E-state index contributed by atoms with van der Waals surface area (Å²) in [6.07, 6.45) is 3.50. The minimum atomic E-state index is -0.157. The number of ether oxygens (including phenoxy) is 1. The van der Waals surface area contributed by atoms with Crippen LogP contribution in [0.5, 0.6) is 5.75 Å². The van der Waals surface area contributed by atoms with E-state index in [9.17, 15) is 9.59 Å². The summed E-state index contributed by atoms with van der Waals surface area (Å²) in [6, 6.07) is 14.8. The monoisotopic (exact) mass is 406 g/mol. The molecule has 1 saturated heterocycles. The number of anilines is 2. The SMILES string of the molecule is COc1cccc(NC(=O)CCn2c(=O)c(N3CCCCC3)nc3ccccc32)c1. The lowest BCUT2D eigenvalue weighted by Crippen LogP contribution is -2.37. The molecule has 0 spiro atoms. The topological polar surface area (TPSA) is 76.5 Å². The smallest absolute Gasteiger partial charge is 0.294 e. The molecule has 0 unspecified atom stereocenters. The lowest BCUT2D eigenvalue weighted by Gasteiger charge is -2.27. The van der Waals surface area contributed by atoms with Crippen molar-refractivity contribution in [2.75, 3.05) is 30.4 Å². The predicted octanol–water partition coefficient (Wildman–Crippen LogP) is 3.42. The molecule has 2 heterocycles. The number of aromatic nitrogens is 2. The second kappa shape index (κ2) is 8.98. The fraction of sp³-hybridized carbons (Fsp3) is 0.348. The third kappa shape index (κ3) is 4.30. The van der Waals surface area contributed by atoms with Crippen molar-refractivity contribution in [1.29, 1.82) is 0 Å². The molecular weight excluding hydrogens is 380 g/mol. The highest BCUT2D eigenvalue weighted by Crippen LogP contribution is 2.19. The zero-order chi connectivity index (χ0) is 20.9. The molecule has 30 heavy (non-hydrogen) atoms. The maximum Gasteiger partial charge on any atom is 0.294 e. The van der Waals surface area contributed by atoms with Crippen LogP contribution in [0.4, 0.5) is 11.5 Å². The number of nitrogens with one attached hydrogen (secondary N) is 1. The van der Waals surface area contributed by atoms with Crippen LogP contribution in [0, 0.1) is 0 Å². The summed E-state index contributed by atoms with van der Waals surface area (Å²) in [5.74, 6) is 1.01. The van der Waals surface area contributed by atoms with Crippen molar-refractivity contribution in [3.8, 4) is 5.75 Å². The third-order valence-electron chi connectivity index (χ3n) is 5.41. The number of methoxy groups -OCH3 is 1. The summed E-state index contributed by atoms with van der Waals surface area (Å²) in [6.45, 7) is 1.98. The summed E-state index contributed by atoms with van der Waals surface area (Å²) in [5, 5.41) is 2.87. The Balaban J connectivity index is 1.57. The number of aryl methyl sites for hydroxylation is 1. The molecule has 1 N–H and O–H groups in total. The van der Waals surface area contributed by atoms with Gasteiger partial charge in [0, 0.05) is 37.8 Å². The van der Waals surface area contributed by atoms with E-state index in [4.69, 9.17) is 4.74 Å². The van der Waals surface area contributed by atoms with Gasteiger partial charge in [0.05, 0.1) is 18.1 Å². The van der Waals surface area contributed by atoms with E-state index >= 15 is 0 Å². The predicted molar refractivity (Wildman–Crippen MR) is 118 cm³/mol. The second-order valence-corrected chi connectivity index (χ2v) is 7.46. The minimum Gasteiger partial charge on any atom is -0.497 e. The average molecular weight is 406 g/mol. The number of hydrogen-bond acceptors (Lipinski definition) is 5. The summed E-state index contributed by atoms with van der Waals surface area (Å²) in [7, 11) is 1.59. The van der Waals surface area contributed by atoms with E-state index < -0.39 is 0 Å². The number of nitrogens with zero attached hydrogens (tertiary/aromatic N) is 3. The van der Waals surface area contributed by atoms with Crippen molar-refractivity contribution in [3.05, 3.63) is 58.9 Å². The molecule has 1 amide bonds. The number of carbonyl (C=O) groups is 1. The number of carbonyl (C=O) groups excluding carboxylic acids is 1. The van der Waals surface area contributed by atoms with Gasteiger partial charge in [0.1, 0.15) is 5.75 Å². The fourth-order valence-electron chi connectivity index (χ4n) is 3.85. The molecule has 0 radical (unpaired) electrons. The number of fused-ring (bicyclic) bond motifs is 1. The molecular formula is C23H26N4O3. The highest BCUT2D eigenvalue weighted by Gasteiger charge is 2.19. The zero-order valence-corrected chi connectivity index (χ0v) is 17.1. The molecule has 0 atom stereocenters. The average Bonchev–Trinajstić information content (AvgIpc) is 2.79. The molecule has 1 aliphatic heterocycles. The van der Waals surface area contributed by atoms with Gasteiger partial charge in [-0.25, -0.2) is 4.98 Å². The van der Waals surface area contributed by atoms with Crippen LogP contribution in [0.3, 0.4) is 0 Å². The molecule has 1 fully saturated rings.